The molecule has 0 bridgehead atoms. The van der Waals surface area contributed by atoms with Crippen LogP contribution in [0.5, 0.6) is 0 Å². The lowest BCUT2D eigenvalue weighted by Gasteiger charge is -2.00. The number of imidazole rings is 1. The lowest BCUT2D eigenvalue weighted by molar-refractivity contribution is -0.119. The number of hydrogen-bond donors (Lipinski definition) is 1. The van der Waals surface area contributed by atoms with Crippen molar-refractivity contribution in [2.75, 3.05) is 5.75 Å². The fourth-order valence-electron chi connectivity index (χ4n) is 1.47. The van der Waals surface area contributed by atoms with Gasteiger partial charge in [0.25, 0.3) is 0 Å². The molecule has 1 aromatic carbocycles. The predicted molar refractivity (Wildman–Crippen MR) is 71.4 cm³/mol. The van der Waals surface area contributed by atoms with Crippen molar-refractivity contribution in [1.29, 1.82) is 0 Å². The summed E-state index contributed by atoms with van der Waals surface area (Å²) in [7, 11) is 0. The van der Waals surface area contributed by atoms with E-state index in [-0.39, 0.29) is 11.7 Å². The molecule has 1 heterocycles. The third-order valence-corrected chi connectivity index (χ3v) is 3.51. The second-order valence-electron chi connectivity index (χ2n) is 4.47. The van der Waals surface area contributed by atoms with Crippen LogP contribution in [0.25, 0.3) is 11.0 Å². The molecule has 2 aromatic rings. The van der Waals surface area contributed by atoms with E-state index in [2.05, 4.69) is 23.0 Å². The third-order valence-electron chi connectivity index (χ3n) is 2.61. The molecule has 0 atom stereocenters. The van der Waals surface area contributed by atoms with E-state index in [1.54, 1.807) is 0 Å². The van der Waals surface area contributed by atoms with Gasteiger partial charge in [-0.1, -0.05) is 31.7 Å². The molecule has 1 aromatic heterocycles. The predicted octanol–water partition coefficient (Wildman–Crippen LogP) is 3.19. The zero-order chi connectivity index (χ0) is 12.4. The van der Waals surface area contributed by atoms with Crippen molar-refractivity contribution >= 4 is 28.6 Å². The first-order chi connectivity index (χ1) is 8.06. The molecule has 0 aliphatic rings. The van der Waals surface area contributed by atoms with E-state index in [1.807, 2.05) is 26.0 Å². The summed E-state index contributed by atoms with van der Waals surface area (Å²) in [6, 6.07) is 6.10. The molecule has 3 nitrogen and oxygen atoms in total. The number of carbonyl (C=O) groups excluding carboxylic acids is 1. The number of nitrogens with one attached hydrogen (secondary N) is 1. The van der Waals surface area contributed by atoms with Gasteiger partial charge in [0.2, 0.25) is 0 Å². The van der Waals surface area contributed by atoms with Crippen LogP contribution in [0.3, 0.4) is 0 Å². The lowest BCUT2D eigenvalue weighted by atomic mass is 10.1. The van der Waals surface area contributed by atoms with Crippen molar-refractivity contribution in [1.82, 2.24) is 9.97 Å². The van der Waals surface area contributed by atoms with E-state index in [9.17, 15) is 4.79 Å². The molecule has 0 radical (unpaired) electrons. The molecule has 17 heavy (non-hydrogen) atoms. The summed E-state index contributed by atoms with van der Waals surface area (Å²) in [5.74, 6) is 0.831. The van der Waals surface area contributed by atoms with Crippen molar-refractivity contribution in [3.05, 3.63) is 23.8 Å². The van der Waals surface area contributed by atoms with Crippen LogP contribution >= 0.6 is 11.8 Å². The molecular formula is C13H16N2OS. The standard InChI is InChI=1S/C13H16N2OS/c1-8(2)12(16)7-17-13-14-10-5-4-9(3)6-11(10)15-13/h4-6,8H,7H2,1-3H3,(H,14,15). The minimum atomic E-state index is 0.0918. The number of hydrogen-bond acceptors (Lipinski definition) is 3. The van der Waals surface area contributed by atoms with Crippen LogP contribution in [0.2, 0.25) is 0 Å². The Balaban J connectivity index is 2.12. The highest BCUT2D eigenvalue weighted by molar-refractivity contribution is 7.99. The number of fused-ring (bicyclic) bond motifs is 1. The van der Waals surface area contributed by atoms with Gasteiger partial charge in [-0.25, -0.2) is 4.98 Å². The molecule has 0 fully saturated rings. The summed E-state index contributed by atoms with van der Waals surface area (Å²) in [4.78, 5) is 19.2. The highest BCUT2D eigenvalue weighted by atomic mass is 32.2. The average Bonchev–Trinajstić information content (AvgIpc) is 2.67. The van der Waals surface area contributed by atoms with Crippen LogP contribution in [0.1, 0.15) is 19.4 Å². The molecule has 0 aliphatic heterocycles. The van der Waals surface area contributed by atoms with Crippen molar-refractivity contribution in [2.45, 2.75) is 25.9 Å². The maximum absolute atomic E-state index is 11.5. The van der Waals surface area contributed by atoms with Gasteiger partial charge in [-0.2, -0.15) is 0 Å². The number of nitrogens with zero attached hydrogens (tertiary/aromatic N) is 1. The molecule has 4 heteroatoms. The van der Waals surface area contributed by atoms with Crippen molar-refractivity contribution in [3.63, 3.8) is 0 Å². The normalized spacial score (nSPS) is 11.3. The van der Waals surface area contributed by atoms with Crippen LogP contribution in [0, 0.1) is 12.8 Å². The number of aromatic amines is 1. The number of Topliss-reactive ketones (excluding diaryl/α,β-unsaturated/α-hetero) is 1. The first-order valence-electron chi connectivity index (χ1n) is 5.68. The van der Waals surface area contributed by atoms with Crippen LogP contribution in [-0.2, 0) is 4.79 Å². The maximum atomic E-state index is 11.5. The summed E-state index contributed by atoms with van der Waals surface area (Å²) < 4.78 is 0. The largest absolute Gasteiger partial charge is 0.333 e. The molecule has 0 aliphatic carbocycles. The molecule has 0 amide bonds. The molecule has 2 rings (SSSR count). The van der Waals surface area contributed by atoms with Crippen LogP contribution in [-0.4, -0.2) is 21.5 Å². The second-order valence-corrected chi connectivity index (χ2v) is 5.44. The first kappa shape index (κ1) is 12.2. The molecule has 90 valence electrons. The van der Waals surface area contributed by atoms with Gasteiger partial charge in [0, 0.05) is 5.92 Å². The van der Waals surface area contributed by atoms with E-state index in [0.717, 1.165) is 16.2 Å². The van der Waals surface area contributed by atoms with Gasteiger partial charge in [0.15, 0.2) is 5.16 Å². The molecule has 0 spiro atoms. The van der Waals surface area contributed by atoms with Gasteiger partial charge in [-0.15, -0.1) is 0 Å². The van der Waals surface area contributed by atoms with Gasteiger partial charge in [0.1, 0.15) is 5.78 Å². The fraction of sp³-hybridized carbons (Fsp3) is 0.385. The van der Waals surface area contributed by atoms with Crippen molar-refractivity contribution < 1.29 is 4.79 Å². The number of aromatic nitrogens is 2. The molecule has 0 unspecified atom stereocenters. The Morgan fingerprint density at radius 1 is 1.47 bits per heavy atom. The minimum absolute atomic E-state index is 0.0918. The van der Waals surface area contributed by atoms with Crippen molar-refractivity contribution in [2.24, 2.45) is 5.92 Å². The highest BCUT2D eigenvalue weighted by Crippen LogP contribution is 2.20. The zero-order valence-corrected chi connectivity index (χ0v) is 11.1. The summed E-state index contributed by atoms with van der Waals surface area (Å²) in [5, 5.41) is 0.819. The van der Waals surface area contributed by atoms with Crippen molar-refractivity contribution in [3.8, 4) is 0 Å². The number of carbonyl (C=O) groups is 1. The lowest BCUT2D eigenvalue weighted by Crippen LogP contribution is -2.09. The van der Waals surface area contributed by atoms with Gasteiger partial charge in [-0.05, 0) is 24.6 Å². The Bertz CT molecular complexity index is 545. The zero-order valence-electron chi connectivity index (χ0n) is 10.3. The maximum Gasteiger partial charge on any atom is 0.166 e. The van der Waals surface area contributed by atoms with Crippen LogP contribution in [0.4, 0.5) is 0 Å². The average molecular weight is 248 g/mol. The van der Waals surface area contributed by atoms with E-state index >= 15 is 0 Å². The summed E-state index contributed by atoms with van der Waals surface area (Å²) in [6.45, 7) is 5.89. The molecule has 0 saturated carbocycles. The quantitative estimate of drug-likeness (QED) is 0.845. The number of ketones is 1. The molecule has 1 N–H and O–H groups in total. The highest BCUT2D eigenvalue weighted by Gasteiger charge is 2.10. The minimum Gasteiger partial charge on any atom is -0.333 e. The monoisotopic (exact) mass is 248 g/mol. The van der Waals surface area contributed by atoms with Crippen LogP contribution < -0.4 is 0 Å². The summed E-state index contributed by atoms with van der Waals surface area (Å²) in [6.07, 6.45) is 0. The van der Waals surface area contributed by atoms with E-state index in [0.29, 0.717) is 5.75 Å². The first-order valence-corrected chi connectivity index (χ1v) is 6.66. The Morgan fingerprint density at radius 3 is 2.94 bits per heavy atom. The van der Waals surface area contributed by atoms with Gasteiger partial charge in [-0.3, -0.25) is 4.79 Å². The van der Waals surface area contributed by atoms with E-state index < -0.39 is 0 Å². The number of H-pyrrole nitrogens is 1. The number of thioether (sulfide) groups is 1. The van der Waals surface area contributed by atoms with Gasteiger partial charge in [0.05, 0.1) is 16.8 Å². The molecule has 0 saturated heterocycles. The van der Waals surface area contributed by atoms with E-state index in [1.165, 1.54) is 17.3 Å². The Morgan fingerprint density at radius 2 is 2.24 bits per heavy atom. The molecular weight excluding hydrogens is 232 g/mol. The number of rotatable bonds is 4. The smallest absolute Gasteiger partial charge is 0.166 e. The number of aryl methyl sites for hydroxylation is 1. The summed E-state index contributed by atoms with van der Waals surface area (Å²) >= 11 is 1.47. The van der Waals surface area contributed by atoms with Gasteiger partial charge >= 0.3 is 0 Å². The topological polar surface area (TPSA) is 45.8 Å². The van der Waals surface area contributed by atoms with E-state index in [4.69, 9.17) is 0 Å². The SMILES string of the molecule is Cc1ccc2nc(SCC(=O)C(C)C)[nH]c2c1. The third kappa shape index (κ3) is 2.88. The number of benzene rings is 1. The fourth-order valence-corrected chi connectivity index (χ4v) is 2.43. The van der Waals surface area contributed by atoms with Crippen LogP contribution in [0.15, 0.2) is 23.4 Å². The van der Waals surface area contributed by atoms with Gasteiger partial charge < -0.3 is 4.98 Å². The summed E-state index contributed by atoms with van der Waals surface area (Å²) in [5.41, 5.74) is 3.19. The second kappa shape index (κ2) is 4.92. The Labute approximate surface area is 105 Å². The Hall–Kier alpha value is -1.29. The Kier molecular flexibility index (Phi) is 3.52.